The van der Waals surface area contributed by atoms with Crippen LogP contribution >= 0.6 is 7.80 Å². The van der Waals surface area contributed by atoms with Crippen LogP contribution in [0.2, 0.25) is 0 Å². The number of rotatable bonds is 0. The van der Waals surface area contributed by atoms with Gasteiger partial charge in [0.25, 0.3) is 0 Å². The number of carboxylic acids is 1. The summed E-state index contributed by atoms with van der Waals surface area (Å²) in [6.07, 6.45) is -5.08. The summed E-state index contributed by atoms with van der Waals surface area (Å²) in [5, 5.41) is 7.12. The fourth-order valence-electron chi connectivity index (χ4n) is 0. The van der Waals surface area contributed by atoms with Gasteiger partial charge in [-0.2, -0.15) is 13.2 Å². The largest absolute Gasteiger partial charge is 0.490 e. The van der Waals surface area contributed by atoms with Crippen LogP contribution in [0.1, 0.15) is 0 Å². The van der Waals surface area contributed by atoms with Crippen LogP contribution in [0.5, 0.6) is 0 Å². The third-order valence-electron chi connectivity index (χ3n) is 0.243. The molecule has 0 aromatic carbocycles. The number of halogens is 3. The molecule has 0 aliphatic rings. The van der Waals surface area contributed by atoms with E-state index >= 15 is 0 Å². The van der Waals surface area contributed by atoms with Crippen LogP contribution in [0.15, 0.2) is 0 Å². The minimum atomic E-state index is -5.08. The van der Waals surface area contributed by atoms with Gasteiger partial charge < -0.3 is 9.67 Å². The van der Waals surface area contributed by atoms with Gasteiger partial charge >= 0.3 is 12.1 Å². The topological polar surface area (TPSA) is 54.4 Å². The van der Waals surface area contributed by atoms with E-state index in [1.807, 2.05) is 0 Å². The van der Waals surface area contributed by atoms with E-state index in [4.69, 9.17) is 9.90 Å². The van der Waals surface area contributed by atoms with Gasteiger partial charge in [-0.15, -0.1) is 0 Å². The molecule has 0 aliphatic heterocycles. The van der Waals surface area contributed by atoms with Crippen molar-refractivity contribution in [1.82, 2.24) is 0 Å². The highest BCUT2D eigenvalue weighted by Gasteiger charge is 2.38. The lowest BCUT2D eigenvalue weighted by Crippen LogP contribution is -2.21. The highest BCUT2D eigenvalue weighted by atomic mass is 31.1. The molecular formula is C4H8F3O3P. The number of carbonyl (C=O) groups is 1. The summed E-state index contributed by atoms with van der Waals surface area (Å²) in [4.78, 5) is 8.90. The first-order valence-electron chi connectivity index (χ1n) is 2.45. The van der Waals surface area contributed by atoms with E-state index in [2.05, 4.69) is 0 Å². The van der Waals surface area contributed by atoms with Gasteiger partial charge in [0.2, 0.25) is 0 Å². The minimum absolute atomic E-state index is 1.13. The van der Waals surface area contributed by atoms with E-state index in [-0.39, 0.29) is 0 Å². The Balaban J connectivity index is 0. The van der Waals surface area contributed by atoms with Gasteiger partial charge in [-0.05, 0) is 13.3 Å². The predicted molar refractivity (Wildman–Crippen MR) is 34.5 cm³/mol. The highest BCUT2D eigenvalue weighted by molar-refractivity contribution is 7.42. The first kappa shape index (κ1) is 13.1. The van der Waals surface area contributed by atoms with Gasteiger partial charge in [0, 0.05) is 0 Å². The highest BCUT2D eigenvalue weighted by Crippen LogP contribution is 2.13. The molecule has 0 saturated carbocycles. The molecule has 0 rings (SSSR count). The zero-order valence-corrected chi connectivity index (χ0v) is 6.90. The molecule has 0 saturated heterocycles. The molecule has 0 atom stereocenters. The van der Waals surface area contributed by atoms with Gasteiger partial charge in [-0.1, -0.05) is 0 Å². The molecule has 0 amide bonds. The molecule has 0 unspecified atom stereocenters. The third kappa shape index (κ3) is 17.7. The smallest absolute Gasteiger partial charge is 0.475 e. The van der Waals surface area contributed by atoms with Crippen LogP contribution < -0.4 is 0 Å². The molecule has 0 bridgehead atoms. The maximum atomic E-state index is 10.6. The first-order chi connectivity index (χ1) is 4.68. The fourth-order valence-corrected chi connectivity index (χ4v) is 0. The molecule has 7 heteroatoms. The Labute approximate surface area is 62.0 Å². The average Bonchev–Trinajstić information content (AvgIpc) is 1.59. The Morgan fingerprint density at radius 2 is 1.45 bits per heavy atom. The molecule has 0 radical (unpaired) electrons. The van der Waals surface area contributed by atoms with Crippen molar-refractivity contribution >= 4 is 13.8 Å². The molecule has 3 nitrogen and oxygen atoms in total. The SMILES string of the molecule is C[PH](C)=O.O=C(O)C(F)(F)F. The normalized spacial score (nSPS) is 10.4. The summed E-state index contributed by atoms with van der Waals surface area (Å²) < 4.78 is 41.4. The van der Waals surface area contributed by atoms with E-state index < -0.39 is 19.9 Å². The molecule has 0 aromatic heterocycles. The number of hydrogen-bond acceptors (Lipinski definition) is 2. The molecule has 11 heavy (non-hydrogen) atoms. The summed E-state index contributed by atoms with van der Waals surface area (Å²) >= 11 is 0. The number of carboxylic acid groups (broad SMARTS) is 1. The second-order valence-corrected chi connectivity index (χ2v) is 3.53. The lowest BCUT2D eigenvalue weighted by atomic mass is 10.7. The maximum Gasteiger partial charge on any atom is 0.490 e. The lowest BCUT2D eigenvalue weighted by molar-refractivity contribution is -0.192. The Hall–Kier alpha value is -0.510. The number of hydrogen-bond donors (Lipinski definition) is 1. The quantitative estimate of drug-likeness (QED) is 0.590. The molecule has 0 spiro atoms. The molecule has 1 N–H and O–H groups in total. The zero-order chi connectivity index (χ0) is 9.65. The summed E-state index contributed by atoms with van der Waals surface area (Å²) in [6.45, 7) is 3.43. The van der Waals surface area contributed by atoms with Crippen molar-refractivity contribution in [2.75, 3.05) is 13.3 Å². The van der Waals surface area contributed by atoms with E-state index in [1.165, 1.54) is 0 Å². The number of alkyl halides is 3. The van der Waals surface area contributed by atoms with Crippen LogP contribution in [-0.4, -0.2) is 30.6 Å². The summed E-state index contributed by atoms with van der Waals surface area (Å²) in [5.74, 6) is -2.76. The van der Waals surface area contributed by atoms with Crippen molar-refractivity contribution in [3.8, 4) is 0 Å². The van der Waals surface area contributed by atoms with Crippen LogP contribution in [0, 0.1) is 0 Å². The van der Waals surface area contributed by atoms with Gasteiger partial charge in [0.05, 0.1) is 7.80 Å². The second kappa shape index (κ2) is 5.18. The van der Waals surface area contributed by atoms with E-state index in [0.29, 0.717) is 0 Å². The van der Waals surface area contributed by atoms with Crippen molar-refractivity contribution in [3.63, 3.8) is 0 Å². The zero-order valence-electron chi connectivity index (χ0n) is 5.90. The Kier molecular flexibility index (Phi) is 6.17. The van der Waals surface area contributed by atoms with Crippen LogP contribution in [0.3, 0.4) is 0 Å². The van der Waals surface area contributed by atoms with E-state index in [0.717, 1.165) is 0 Å². The predicted octanol–water partition coefficient (Wildman–Crippen LogP) is 1.44. The van der Waals surface area contributed by atoms with Gasteiger partial charge in [0.1, 0.15) is 0 Å². The molecular weight excluding hydrogens is 184 g/mol. The molecule has 0 aromatic rings. The Bertz CT molecular complexity index is 149. The summed E-state index contributed by atoms with van der Waals surface area (Å²) in [7, 11) is -1.13. The second-order valence-electron chi connectivity index (χ2n) is 1.71. The van der Waals surface area contributed by atoms with Crippen molar-refractivity contribution in [3.05, 3.63) is 0 Å². The molecule has 68 valence electrons. The van der Waals surface area contributed by atoms with E-state index in [9.17, 15) is 17.7 Å². The van der Waals surface area contributed by atoms with E-state index in [1.54, 1.807) is 13.3 Å². The third-order valence-corrected chi connectivity index (χ3v) is 0.243. The van der Waals surface area contributed by atoms with Gasteiger partial charge in [-0.3, -0.25) is 0 Å². The first-order valence-corrected chi connectivity index (χ1v) is 4.86. The van der Waals surface area contributed by atoms with Crippen molar-refractivity contribution < 1.29 is 27.6 Å². The Morgan fingerprint density at radius 1 is 1.36 bits per heavy atom. The average molecular weight is 192 g/mol. The van der Waals surface area contributed by atoms with Crippen LogP contribution in [-0.2, 0) is 9.36 Å². The van der Waals surface area contributed by atoms with Gasteiger partial charge in [0.15, 0.2) is 0 Å². The van der Waals surface area contributed by atoms with Crippen LogP contribution in [0.25, 0.3) is 0 Å². The molecule has 0 heterocycles. The maximum absolute atomic E-state index is 10.6. The molecule has 0 fully saturated rings. The number of aliphatic carboxylic acids is 1. The van der Waals surface area contributed by atoms with Gasteiger partial charge in [-0.25, -0.2) is 4.79 Å². The minimum Gasteiger partial charge on any atom is -0.475 e. The van der Waals surface area contributed by atoms with Crippen LogP contribution in [0.4, 0.5) is 13.2 Å². The summed E-state index contributed by atoms with van der Waals surface area (Å²) in [6, 6.07) is 0. The lowest BCUT2D eigenvalue weighted by Gasteiger charge is -1.93. The monoisotopic (exact) mass is 192 g/mol. The molecule has 0 aliphatic carbocycles. The standard InChI is InChI=1S/C2HF3O2.C2H7OP/c3-2(4,5)1(6)7;1-4(2)3/h(H,6,7);4H,1-2H3. The van der Waals surface area contributed by atoms with Crippen molar-refractivity contribution in [2.45, 2.75) is 6.18 Å². The Morgan fingerprint density at radius 3 is 1.45 bits per heavy atom. The fraction of sp³-hybridized carbons (Fsp3) is 0.750. The summed E-state index contributed by atoms with van der Waals surface area (Å²) in [5.41, 5.74) is 0. The van der Waals surface area contributed by atoms with Crippen molar-refractivity contribution in [1.29, 1.82) is 0 Å². The van der Waals surface area contributed by atoms with Crippen molar-refractivity contribution in [2.24, 2.45) is 0 Å².